The molecule has 0 saturated heterocycles. The molecule has 3 aromatic rings. The minimum atomic E-state index is -0.354. The monoisotopic (exact) mass is 382 g/mol. The van der Waals surface area contributed by atoms with Gasteiger partial charge in [-0.3, -0.25) is 9.78 Å². The van der Waals surface area contributed by atoms with Gasteiger partial charge in [-0.25, -0.2) is 0 Å². The van der Waals surface area contributed by atoms with Crippen LogP contribution in [0.1, 0.15) is 16.1 Å². The first-order valence-corrected chi connectivity index (χ1v) is 8.30. The molecule has 2 N–H and O–H groups in total. The second-order valence-corrected chi connectivity index (χ2v) is 6.14. The van der Waals surface area contributed by atoms with E-state index in [-0.39, 0.29) is 11.6 Å². The fourth-order valence-electron chi connectivity index (χ4n) is 2.20. The Labute approximate surface area is 160 Å². The number of hydrogen-bond acceptors (Lipinski definition) is 4. The van der Waals surface area contributed by atoms with E-state index < -0.39 is 0 Å². The fraction of sp³-hybridized carbons (Fsp3) is 0. The first kappa shape index (κ1) is 17.7. The van der Waals surface area contributed by atoms with Crippen molar-refractivity contribution in [3.8, 4) is 6.07 Å². The van der Waals surface area contributed by atoms with E-state index in [9.17, 15) is 4.79 Å². The van der Waals surface area contributed by atoms with Crippen molar-refractivity contribution >= 4 is 46.2 Å². The number of anilines is 3. The van der Waals surface area contributed by atoms with E-state index in [4.69, 9.17) is 28.5 Å². The Morgan fingerprint density at radius 3 is 2.31 bits per heavy atom. The lowest BCUT2D eigenvalue weighted by molar-refractivity contribution is 0.102. The molecule has 1 heterocycles. The van der Waals surface area contributed by atoms with Crippen molar-refractivity contribution in [3.05, 3.63) is 82.1 Å². The molecule has 0 aliphatic rings. The number of carbonyl (C=O) groups is 1. The van der Waals surface area contributed by atoms with Gasteiger partial charge in [0.1, 0.15) is 5.69 Å². The highest BCUT2D eigenvalue weighted by Gasteiger charge is 2.09. The molecule has 0 unspecified atom stereocenters. The third-order valence-electron chi connectivity index (χ3n) is 3.47. The summed E-state index contributed by atoms with van der Waals surface area (Å²) in [6.45, 7) is 0. The van der Waals surface area contributed by atoms with Crippen LogP contribution in [0.3, 0.4) is 0 Å². The first-order valence-electron chi connectivity index (χ1n) is 7.55. The Hall–Kier alpha value is -3.07. The standard InChI is InChI=1S/C19H12Cl2N4O/c20-16-6-5-14(9-17(16)21)24-15-7-8-23-18(10-15)19(26)25-13-3-1-12(11-22)2-4-13/h1-10H,(H,23,24)(H,25,26). The summed E-state index contributed by atoms with van der Waals surface area (Å²) in [4.78, 5) is 16.5. The molecule has 0 bridgehead atoms. The number of nitrogens with zero attached hydrogens (tertiary/aromatic N) is 2. The number of benzene rings is 2. The molecule has 1 amide bonds. The predicted molar refractivity (Wildman–Crippen MR) is 103 cm³/mol. The third-order valence-corrected chi connectivity index (χ3v) is 4.21. The van der Waals surface area contributed by atoms with Crippen LogP contribution in [0.5, 0.6) is 0 Å². The lowest BCUT2D eigenvalue weighted by Crippen LogP contribution is -2.13. The Morgan fingerprint density at radius 1 is 0.923 bits per heavy atom. The van der Waals surface area contributed by atoms with Gasteiger partial charge in [-0.15, -0.1) is 0 Å². The molecule has 0 aliphatic carbocycles. The molecule has 0 fully saturated rings. The van der Waals surface area contributed by atoms with Crippen molar-refractivity contribution < 1.29 is 4.79 Å². The quantitative estimate of drug-likeness (QED) is 0.645. The second-order valence-electron chi connectivity index (χ2n) is 5.33. The summed E-state index contributed by atoms with van der Waals surface area (Å²) in [5.74, 6) is -0.354. The maximum absolute atomic E-state index is 12.4. The maximum atomic E-state index is 12.4. The molecular weight excluding hydrogens is 371 g/mol. The number of halogens is 2. The number of amides is 1. The van der Waals surface area contributed by atoms with Crippen LogP contribution in [0, 0.1) is 11.3 Å². The van der Waals surface area contributed by atoms with Gasteiger partial charge < -0.3 is 10.6 Å². The predicted octanol–water partition coefficient (Wildman–Crippen LogP) is 5.26. The zero-order valence-electron chi connectivity index (χ0n) is 13.3. The van der Waals surface area contributed by atoms with Crippen LogP contribution in [0.25, 0.3) is 0 Å². The number of nitriles is 1. The van der Waals surface area contributed by atoms with Crippen molar-refractivity contribution in [3.63, 3.8) is 0 Å². The van der Waals surface area contributed by atoms with E-state index >= 15 is 0 Å². The lowest BCUT2D eigenvalue weighted by Gasteiger charge is -2.09. The highest BCUT2D eigenvalue weighted by atomic mass is 35.5. The number of pyridine rings is 1. The fourth-order valence-corrected chi connectivity index (χ4v) is 2.49. The molecule has 1 aromatic heterocycles. The van der Waals surface area contributed by atoms with Crippen LogP contribution in [0.2, 0.25) is 10.0 Å². The van der Waals surface area contributed by atoms with Gasteiger partial charge in [0, 0.05) is 23.3 Å². The average molecular weight is 383 g/mol. The Kier molecular flexibility index (Phi) is 5.37. The van der Waals surface area contributed by atoms with Crippen LogP contribution in [0.15, 0.2) is 60.8 Å². The molecule has 7 heteroatoms. The van der Waals surface area contributed by atoms with Crippen LogP contribution in [-0.2, 0) is 0 Å². The average Bonchev–Trinajstić information content (AvgIpc) is 2.65. The summed E-state index contributed by atoms with van der Waals surface area (Å²) in [7, 11) is 0. The van der Waals surface area contributed by atoms with E-state index in [1.165, 1.54) is 6.20 Å². The Balaban J connectivity index is 1.74. The van der Waals surface area contributed by atoms with Gasteiger partial charge >= 0.3 is 0 Å². The summed E-state index contributed by atoms with van der Waals surface area (Å²) in [6, 6.07) is 17.1. The van der Waals surface area contributed by atoms with Crippen molar-refractivity contribution in [2.45, 2.75) is 0 Å². The Morgan fingerprint density at radius 2 is 1.62 bits per heavy atom. The molecule has 5 nitrogen and oxygen atoms in total. The summed E-state index contributed by atoms with van der Waals surface area (Å²) in [5.41, 5.74) is 2.78. The Bertz CT molecular complexity index is 997. The molecule has 0 aliphatic heterocycles. The SMILES string of the molecule is N#Cc1ccc(NC(=O)c2cc(Nc3ccc(Cl)c(Cl)c3)ccn2)cc1. The van der Waals surface area contributed by atoms with E-state index in [1.807, 2.05) is 6.07 Å². The molecular formula is C19H12Cl2N4O. The van der Waals surface area contributed by atoms with Gasteiger partial charge in [-0.2, -0.15) is 5.26 Å². The molecule has 128 valence electrons. The van der Waals surface area contributed by atoms with Gasteiger partial charge in [-0.1, -0.05) is 23.2 Å². The highest BCUT2D eigenvalue weighted by molar-refractivity contribution is 6.42. The highest BCUT2D eigenvalue weighted by Crippen LogP contribution is 2.27. The third kappa shape index (κ3) is 4.31. The van der Waals surface area contributed by atoms with Crippen LogP contribution < -0.4 is 10.6 Å². The minimum Gasteiger partial charge on any atom is -0.355 e. The van der Waals surface area contributed by atoms with Crippen LogP contribution in [-0.4, -0.2) is 10.9 Å². The van der Waals surface area contributed by atoms with Gasteiger partial charge in [0.25, 0.3) is 5.91 Å². The van der Waals surface area contributed by atoms with Crippen molar-refractivity contribution in [2.75, 3.05) is 10.6 Å². The van der Waals surface area contributed by atoms with E-state index in [0.717, 1.165) is 5.69 Å². The van der Waals surface area contributed by atoms with Crippen molar-refractivity contribution in [1.29, 1.82) is 5.26 Å². The largest absolute Gasteiger partial charge is 0.355 e. The molecule has 26 heavy (non-hydrogen) atoms. The minimum absolute atomic E-state index is 0.249. The zero-order chi connectivity index (χ0) is 18.5. The summed E-state index contributed by atoms with van der Waals surface area (Å²) in [5, 5.41) is 15.6. The van der Waals surface area contributed by atoms with E-state index in [0.29, 0.717) is 27.0 Å². The van der Waals surface area contributed by atoms with Gasteiger partial charge in [0.15, 0.2) is 0 Å². The summed E-state index contributed by atoms with van der Waals surface area (Å²) in [6.07, 6.45) is 1.54. The topological polar surface area (TPSA) is 77.8 Å². The molecule has 0 radical (unpaired) electrons. The van der Waals surface area contributed by atoms with Gasteiger partial charge in [-0.05, 0) is 54.6 Å². The number of nitrogens with one attached hydrogen (secondary N) is 2. The summed E-state index contributed by atoms with van der Waals surface area (Å²) >= 11 is 11.9. The van der Waals surface area contributed by atoms with Crippen molar-refractivity contribution in [1.82, 2.24) is 4.98 Å². The zero-order valence-corrected chi connectivity index (χ0v) is 14.8. The van der Waals surface area contributed by atoms with Crippen LogP contribution in [0.4, 0.5) is 17.1 Å². The van der Waals surface area contributed by atoms with E-state index in [1.54, 1.807) is 54.6 Å². The molecule has 0 saturated carbocycles. The van der Waals surface area contributed by atoms with Crippen molar-refractivity contribution in [2.24, 2.45) is 0 Å². The van der Waals surface area contributed by atoms with Gasteiger partial charge in [0.2, 0.25) is 0 Å². The molecule has 0 atom stereocenters. The summed E-state index contributed by atoms with van der Waals surface area (Å²) < 4.78 is 0. The normalized spacial score (nSPS) is 10.0. The lowest BCUT2D eigenvalue weighted by atomic mass is 10.2. The number of rotatable bonds is 4. The molecule has 3 rings (SSSR count). The smallest absolute Gasteiger partial charge is 0.274 e. The molecule has 0 spiro atoms. The number of aromatic nitrogens is 1. The van der Waals surface area contributed by atoms with E-state index in [2.05, 4.69) is 15.6 Å². The number of hydrogen-bond donors (Lipinski definition) is 2. The second kappa shape index (κ2) is 7.87. The maximum Gasteiger partial charge on any atom is 0.274 e. The molecule has 2 aromatic carbocycles. The van der Waals surface area contributed by atoms with Gasteiger partial charge in [0.05, 0.1) is 21.7 Å². The number of carbonyl (C=O) groups excluding carboxylic acids is 1. The van der Waals surface area contributed by atoms with Crippen LogP contribution >= 0.6 is 23.2 Å². The first-order chi connectivity index (χ1) is 12.5.